The van der Waals surface area contributed by atoms with E-state index in [0.29, 0.717) is 0 Å². The molecule has 2 rings (SSSR count). The molecule has 19 heavy (non-hydrogen) atoms. The molecule has 0 amide bonds. The number of aromatic nitrogens is 2. The van der Waals surface area contributed by atoms with Crippen molar-refractivity contribution in [3.8, 4) is 0 Å². The van der Waals surface area contributed by atoms with E-state index < -0.39 is 13.6 Å². The Hall–Kier alpha value is -1.07. The fourth-order valence-electron chi connectivity index (χ4n) is 0.755. The first kappa shape index (κ1) is 17.9. The van der Waals surface area contributed by atoms with Crippen molar-refractivity contribution in [3.05, 3.63) is 61.2 Å². The van der Waals surface area contributed by atoms with Crippen LogP contribution in [-0.2, 0) is 21.2 Å². The van der Waals surface area contributed by atoms with Gasteiger partial charge in [0.15, 0.2) is 24.8 Å². The van der Waals surface area contributed by atoms with Crippen LogP contribution >= 0.6 is 23.6 Å². The van der Waals surface area contributed by atoms with E-state index in [4.69, 9.17) is 39.5 Å². The molecule has 0 aliphatic carbocycles. The van der Waals surface area contributed by atoms with E-state index in [1.54, 1.807) is 24.8 Å². The van der Waals surface area contributed by atoms with Crippen molar-refractivity contribution in [1.82, 2.24) is 0 Å². The molecule has 0 saturated carbocycles. The molecule has 0 aliphatic rings. The third-order valence-corrected chi connectivity index (χ3v) is 1.81. The minimum atomic E-state index is -5.75. The van der Waals surface area contributed by atoms with Crippen LogP contribution in [-0.4, -0.2) is 0 Å². The van der Waals surface area contributed by atoms with Crippen LogP contribution in [0.1, 0.15) is 0 Å². The monoisotopic (exact) mass is 344 g/mol. The van der Waals surface area contributed by atoms with E-state index in [1.165, 1.54) is 8.17 Å². The Bertz CT molecular complexity index is 507. The van der Waals surface area contributed by atoms with Gasteiger partial charge in [0, 0.05) is 24.3 Å². The van der Waals surface area contributed by atoms with Crippen molar-refractivity contribution in [2.24, 2.45) is 0 Å². The Kier molecular flexibility index (Phi) is 9.26. The first-order chi connectivity index (χ1) is 8.79. The van der Waals surface area contributed by atoms with Gasteiger partial charge in [0.05, 0.1) is 0 Å². The number of hydrogen-bond acceptors (Lipinski definition) is 4. The Labute approximate surface area is 122 Å². The minimum absolute atomic E-state index is 1.47. The summed E-state index contributed by atoms with van der Waals surface area (Å²) in [5.74, 6) is 0. The van der Waals surface area contributed by atoms with E-state index in [-0.39, 0.29) is 0 Å². The number of pyridine rings is 2. The normalized spacial score (nSPS) is 9.47. The van der Waals surface area contributed by atoms with Gasteiger partial charge in [-0.1, -0.05) is 20.3 Å². The van der Waals surface area contributed by atoms with Gasteiger partial charge >= 0.3 is 29.5 Å². The Morgan fingerprint density at radius 3 is 1.00 bits per heavy atom. The molecule has 9 heteroatoms. The van der Waals surface area contributed by atoms with Gasteiger partial charge in [-0.2, -0.15) is 0 Å². The maximum absolute atomic E-state index is 8.59. The van der Waals surface area contributed by atoms with E-state index in [9.17, 15) is 0 Å². The summed E-state index contributed by atoms with van der Waals surface area (Å²) in [5.41, 5.74) is 0. The van der Waals surface area contributed by atoms with Gasteiger partial charge in [-0.05, 0) is 0 Å². The average Bonchev–Trinajstić information content (AvgIpc) is 2.29. The molecule has 0 bridgehead atoms. The predicted octanol–water partition coefficient (Wildman–Crippen LogP) is -0.666. The van der Waals surface area contributed by atoms with Crippen molar-refractivity contribution >= 4 is 23.6 Å². The summed E-state index contributed by atoms with van der Waals surface area (Å²) in [7, 11) is 0. The summed E-state index contributed by atoms with van der Waals surface area (Å²) in [4.78, 5) is 0. The van der Waals surface area contributed by atoms with E-state index in [2.05, 4.69) is 0 Å². The second kappa shape index (κ2) is 9.81. The van der Waals surface area contributed by atoms with Gasteiger partial charge < -0.3 is 0 Å². The van der Waals surface area contributed by atoms with E-state index >= 15 is 0 Å². The van der Waals surface area contributed by atoms with Crippen molar-refractivity contribution in [2.45, 2.75) is 0 Å². The number of hydrogen-bond donors (Lipinski definition) is 0. The SMILES string of the molecule is Cl[n+]1ccccc1.Cl[n+]1ccccc1.[O]=[Cr](=[O])([O-])[O-]. The maximum atomic E-state index is 8.59. The molecule has 0 atom stereocenters. The Balaban J connectivity index is 0.000000261. The third-order valence-electron chi connectivity index (χ3n) is 1.36. The van der Waals surface area contributed by atoms with Crippen molar-refractivity contribution < 1.29 is 37.7 Å². The first-order valence-electron chi connectivity index (χ1n) is 4.70. The van der Waals surface area contributed by atoms with Crippen LogP contribution in [0.15, 0.2) is 61.2 Å². The van der Waals surface area contributed by atoms with Gasteiger partial charge in [0.1, 0.15) is 0 Å². The summed E-state index contributed by atoms with van der Waals surface area (Å²) < 4.78 is 37.3. The molecule has 0 aliphatic heterocycles. The van der Waals surface area contributed by atoms with E-state index in [1.807, 2.05) is 36.4 Å². The van der Waals surface area contributed by atoms with Crippen LogP contribution in [0.4, 0.5) is 0 Å². The Morgan fingerprint density at radius 2 is 0.895 bits per heavy atom. The fraction of sp³-hybridized carbons (Fsp3) is 0. The second-order valence-corrected chi connectivity index (χ2v) is 4.90. The topological polar surface area (TPSA) is 88.0 Å². The first-order valence-corrected chi connectivity index (χ1v) is 7.46. The molecule has 6 nitrogen and oxygen atoms in total. The molecule has 0 N–H and O–H groups in total. The molecule has 104 valence electrons. The van der Waals surface area contributed by atoms with Crippen LogP contribution in [0, 0.1) is 0 Å². The molecule has 2 aromatic rings. The molecule has 2 heterocycles. The second-order valence-electron chi connectivity index (χ2n) is 2.85. The van der Waals surface area contributed by atoms with Gasteiger partial charge in [-0.15, -0.1) is 0 Å². The summed E-state index contributed by atoms with van der Waals surface area (Å²) in [6, 6.07) is 11.3. The summed E-state index contributed by atoms with van der Waals surface area (Å²) in [5, 5.41) is 0. The molecule has 0 fully saturated rings. The molecule has 2 aromatic heterocycles. The quantitative estimate of drug-likeness (QED) is 0.634. The van der Waals surface area contributed by atoms with Crippen molar-refractivity contribution in [1.29, 1.82) is 0 Å². The third kappa shape index (κ3) is 16.9. The Morgan fingerprint density at radius 1 is 0.684 bits per heavy atom. The molecule has 0 radical (unpaired) electrons. The van der Waals surface area contributed by atoms with Crippen LogP contribution in [0.3, 0.4) is 0 Å². The predicted molar refractivity (Wildman–Crippen MR) is 57.1 cm³/mol. The summed E-state index contributed by atoms with van der Waals surface area (Å²) in [6.45, 7) is 0. The number of halogens is 2. The van der Waals surface area contributed by atoms with Crippen molar-refractivity contribution in [2.75, 3.05) is 0 Å². The van der Waals surface area contributed by atoms with Gasteiger partial charge in [0.25, 0.3) is 23.6 Å². The molecule has 0 spiro atoms. The van der Waals surface area contributed by atoms with Crippen LogP contribution in [0.2, 0.25) is 0 Å². The molecule has 0 unspecified atom stereocenters. The number of rotatable bonds is 0. The molecule has 0 aromatic carbocycles. The van der Waals surface area contributed by atoms with Gasteiger partial charge in [-0.25, -0.2) is 0 Å². The fourth-order valence-corrected chi connectivity index (χ4v) is 1.02. The van der Waals surface area contributed by atoms with Crippen LogP contribution < -0.4 is 16.5 Å². The van der Waals surface area contributed by atoms with Crippen LogP contribution in [0.5, 0.6) is 0 Å². The average molecular weight is 345 g/mol. The zero-order chi connectivity index (χ0) is 14.7. The standard InChI is InChI=1S/2C5H5ClN.Cr.4O/c2*6-7-4-2-1-3-5-7;;;;;/h2*1-5H;;;;;/q2*+1;;;;2*-1. The zero-order valence-electron chi connectivity index (χ0n) is 9.47. The zero-order valence-corrected chi connectivity index (χ0v) is 12.3. The number of nitrogens with zero attached hydrogens (tertiary/aromatic N) is 2. The van der Waals surface area contributed by atoms with Gasteiger partial charge in [-0.3, -0.25) is 0 Å². The van der Waals surface area contributed by atoms with Crippen LogP contribution in [0.25, 0.3) is 0 Å². The van der Waals surface area contributed by atoms with Crippen molar-refractivity contribution in [3.63, 3.8) is 0 Å². The molecular weight excluding hydrogens is 335 g/mol. The summed E-state index contributed by atoms with van der Waals surface area (Å²) >= 11 is 5.16. The van der Waals surface area contributed by atoms with E-state index in [0.717, 1.165) is 0 Å². The molecule has 0 saturated heterocycles. The molecular formula is C10H10Cl2CrN2O4. The van der Waals surface area contributed by atoms with Gasteiger partial charge in [0.2, 0.25) is 0 Å². The summed E-state index contributed by atoms with van der Waals surface area (Å²) in [6.07, 6.45) is 7.06.